The summed E-state index contributed by atoms with van der Waals surface area (Å²) in [4.78, 5) is 14.1. The first kappa shape index (κ1) is 14.0. The molecule has 1 aliphatic rings. The first-order valence-corrected chi connectivity index (χ1v) is 6.91. The number of nitrogens with zero attached hydrogens (tertiary/aromatic N) is 1. The van der Waals surface area contributed by atoms with E-state index in [1.54, 1.807) is 0 Å². The van der Waals surface area contributed by atoms with Crippen LogP contribution in [0.25, 0.3) is 0 Å². The molecule has 0 atom stereocenters. The fourth-order valence-corrected chi connectivity index (χ4v) is 2.58. The van der Waals surface area contributed by atoms with Crippen molar-refractivity contribution in [3.63, 3.8) is 0 Å². The maximum atomic E-state index is 12.7. The number of halogens is 1. The highest BCUT2D eigenvalue weighted by atomic mass is 19.1. The average molecular weight is 264 g/mol. The standard InChI is InChI=1S/C15H21FN2O/c1-18(14-4-2-3-5-14)11-10-17-15(19)12-6-8-13(16)9-7-12/h6-9,14H,2-5,10-11H2,1H3,(H,17,19). The first-order valence-electron chi connectivity index (χ1n) is 6.91. The van der Waals surface area contributed by atoms with Crippen molar-refractivity contribution >= 4 is 5.91 Å². The van der Waals surface area contributed by atoms with E-state index < -0.39 is 0 Å². The topological polar surface area (TPSA) is 32.3 Å². The van der Waals surface area contributed by atoms with E-state index in [0.29, 0.717) is 18.2 Å². The van der Waals surface area contributed by atoms with Crippen molar-refractivity contribution in [3.05, 3.63) is 35.6 Å². The molecule has 0 saturated heterocycles. The number of carbonyl (C=O) groups excluding carboxylic acids is 1. The van der Waals surface area contributed by atoms with Crippen LogP contribution in [0.15, 0.2) is 24.3 Å². The van der Waals surface area contributed by atoms with Crippen molar-refractivity contribution in [3.8, 4) is 0 Å². The highest BCUT2D eigenvalue weighted by molar-refractivity contribution is 5.94. The van der Waals surface area contributed by atoms with E-state index in [-0.39, 0.29) is 11.7 Å². The number of likely N-dealkylation sites (N-methyl/N-ethyl adjacent to an activating group) is 1. The summed E-state index contributed by atoms with van der Waals surface area (Å²) in [5.41, 5.74) is 0.505. The van der Waals surface area contributed by atoms with Crippen molar-refractivity contribution in [2.45, 2.75) is 31.7 Å². The van der Waals surface area contributed by atoms with Crippen molar-refractivity contribution in [1.82, 2.24) is 10.2 Å². The summed E-state index contributed by atoms with van der Waals surface area (Å²) < 4.78 is 12.7. The molecule has 0 bridgehead atoms. The van der Waals surface area contributed by atoms with Gasteiger partial charge in [-0.15, -0.1) is 0 Å². The van der Waals surface area contributed by atoms with Gasteiger partial charge in [-0.1, -0.05) is 12.8 Å². The molecule has 4 heteroatoms. The van der Waals surface area contributed by atoms with Gasteiger partial charge in [0, 0.05) is 24.7 Å². The normalized spacial score (nSPS) is 15.9. The Hall–Kier alpha value is -1.42. The molecule has 0 aromatic heterocycles. The zero-order valence-electron chi connectivity index (χ0n) is 11.4. The number of hydrogen-bond donors (Lipinski definition) is 1. The third-order valence-corrected chi connectivity index (χ3v) is 3.80. The Kier molecular flexibility index (Phi) is 4.91. The number of nitrogens with one attached hydrogen (secondary N) is 1. The van der Waals surface area contributed by atoms with Gasteiger partial charge in [0.1, 0.15) is 5.82 Å². The molecule has 1 fully saturated rings. The lowest BCUT2D eigenvalue weighted by Crippen LogP contribution is -2.37. The highest BCUT2D eigenvalue weighted by Gasteiger charge is 2.19. The molecule has 1 amide bonds. The number of hydrogen-bond acceptors (Lipinski definition) is 2. The van der Waals surface area contributed by atoms with Gasteiger partial charge in [-0.25, -0.2) is 4.39 Å². The Labute approximate surface area is 113 Å². The molecule has 1 aromatic carbocycles. The molecule has 1 aromatic rings. The second kappa shape index (κ2) is 6.66. The number of rotatable bonds is 5. The van der Waals surface area contributed by atoms with Crippen LogP contribution >= 0.6 is 0 Å². The molecule has 0 aliphatic heterocycles. The minimum atomic E-state index is -0.322. The maximum absolute atomic E-state index is 12.7. The zero-order chi connectivity index (χ0) is 13.7. The van der Waals surface area contributed by atoms with E-state index in [9.17, 15) is 9.18 Å². The predicted molar refractivity (Wildman–Crippen MR) is 73.6 cm³/mol. The van der Waals surface area contributed by atoms with Gasteiger partial charge in [-0.05, 0) is 44.2 Å². The number of benzene rings is 1. The van der Waals surface area contributed by atoms with Crippen LogP contribution in [0.3, 0.4) is 0 Å². The summed E-state index contributed by atoms with van der Waals surface area (Å²) in [7, 11) is 2.11. The van der Waals surface area contributed by atoms with Crippen LogP contribution in [0.1, 0.15) is 36.0 Å². The summed E-state index contributed by atoms with van der Waals surface area (Å²) >= 11 is 0. The molecule has 1 aliphatic carbocycles. The molecule has 1 saturated carbocycles. The Balaban J connectivity index is 1.73. The van der Waals surface area contributed by atoms with E-state index >= 15 is 0 Å². The van der Waals surface area contributed by atoms with Crippen molar-refractivity contribution in [2.24, 2.45) is 0 Å². The monoisotopic (exact) mass is 264 g/mol. The smallest absolute Gasteiger partial charge is 0.251 e. The lowest BCUT2D eigenvalue weighted by atomic mass is 10.2. The molecule has 19 heavy (non-hydrogen) atoms. The van der Waals surface area contributed by atoms with Gasteiger partial charge < -0.3 is 10.2 Å². The second-order valence-electron chi connectivity index (χ2n) is 5.18. The summed E-state index contributed by atoms with van der Waals surface area (Å²) in [6.07, 6.45) is 5.17. The largest absolute Gasteiger partial charge is 0.351 e. The minimum absolute atomic E-state index is 0.139. The number of amides is 1. The molecular weight excluding hydrogens is 243 g/mol. The van der Waals surface area contributed by atoms with Gasteiger partial charge in [0.25, 0.3) is 5.91 Å². The highest BCUT2D eigenvalue weighted by Crippen LogP contribution is 2.21. The second-order valence-corrected chi connectivity index (χ2v) is 5.18. The van der Waals surface area contributed by atoms with Gasteiger partial charge in [-0.3, -0.25) is 4.79 Å². The van der Waals surface area contributed by atoms with Crippen LogP contribution in [-0.4, -0.2) is 37.0 Å². The maximum Gasteiger partial charge on any atom is 0.251 e. The Bertz CT molecular complexity index is 413. The molecule has 0 radical (unpaired) electrons. The van der Waals surface area contributed by atoms with Crippen LogP contribution in [0, 0.1) is 5.82 Å². The molecule has 104 valence electrons. The summed E-state index contributed by atoms with van der Waals surface area (Å²) in [5, 5.41) is 2.87. The molecular formula is C15H21FN2O. The third kappa shape index (κ3) is 4.03. The summed E-state index contributed by atoms with van der Waals surface area (Å²) in [6.45, 7) is 1.49. The SMILES string of the molecule is CN(CCNC(=O)c1ccc(F)cc1)C1CCCC1. The zero-order valence-corrected chi connectivity index (χ0v) is 11.4. The van der Waals surface area contributed by atoms with Crippen molar-refractivity contribution < 1.29 is 9.18 Å². The fraction of sp³-hybridized carbons (Fsp3) is 0.533. The van der Waals surface area contributed by atoms with Gasteiger partial charge in [-0.2, -0.15) is 0 Å². The molecule has 0 spiro atoms. The van der Waals surface area contributed by atoms with Crippen LogP contribution in [-0.2, 0) is 0 Å². The average Bonchev–Trinajstić information content (AvgIpc) is 2.93. The first-order chi connectivity index (χ1) is 9.16. The third-order valence-electron chi connectivity index (χ3n) is 3.80. The lowest BCUT2D eigenvalue weighted by Gasteiger charge is -2.23. The van der Waals surface area contributed by atoms with E-state index in [1.807, 2.05) is 0 Å². The fourth-order valence-electron chi connectivity index (χ4n) is 2.58. The van der Waals surface area contributed by atoms with Crippen LogP contribution in [0.2, 0.25) is 0 Å². The summed E-state index contributed by atoms with van der Waals surface area (Å²) in [6, 6.07) is 6.29. The van der Waals surface area contributed by atoms with E-state index in [0.717, 1.165) is 6.54 Å². The Morgan fingerprint density at radius 3 is 2.58 bits per heavy atom. The Morgan fingerprint density at radius 1 is 1.32 bits per heavy atom. The van der Waals surface area contributed by atoms with E-state index in [4.69, 9.17) is 0 Å². The Morgan fingerprint density at radius 2 is 1.95 bits per heavy atom. The molecule has 1 N–H and O–H groups in total. The van der Waals surface area contributed by atoms with Crippen molar-refractivity contribution in [1.29, 1.82) is 0 Å². The molecule has 2 rings (SSSR count). The summed E-state index contributed by atoms with van der Waals surface area (Å²) in [5.74, 6) is -0.461. The van der Waals surface area contributed by atoms with Gasteiger partial charge in [0.15, 0.2) is 0 Å². The minimum Gasteiger partial charge on any atom is -0.351 e. The number of carbonyl (C=O) groups is 1. The molecule has 3 nitrogen and oxygen atoms in total. The van der Waals surface area contributed by atoms with Crippen molar-refractivity contribution in [2.75, 3.05) is 20.1 Å². The predicted octanol–water partition coefficient (Wildman–Crippen LogP) is 2.43. The quantitative estimate of drug-likeness (QED) is 0.886. The van der Waals surface area contributed by atoms with Crippen LogP contribution < -0.4 is 5.32 Å². The molecule has 0 unspecified atom stereocenters. The van der Waals surface area contributed by atoms with E-state index in [1.165, 1.54) is 49.9 Å². The molecule has 0 heterocycles. The van der Waals surface area contributed by atoms with Gasteiger partial charge >= 0.3 is 0 Å². The lowest BCUT2D eigenvalue weighted by molar-refractivity contribution is 0.0947. The van der Waals surface area contributed by atoms with Gasteiger partial charge in [0.2, 0.25) is 0 Å². The van der Waals surface area contributed by atoms with Gasteiger partial charge in [0.05, 0.1) is 0 Å². The van der Waals surface area contributed by atoms with E-state index in [2.05, 4.69) is 17.3 Å². The van der Waals surface area contributed by atoms with Crippen LogP contribution in [0.4, 0.5) is 4.39 Å². The van der Waals surface area contributed by atoms with Crippen LogP contribution in [0.5, 0.6) is 0 Å².